The summed E-state index contributed by atoms with van der Waals surface area (Å²) in [5.74, 6) is 0. The molecule has 1 amide bonds. The van der Waals surface area contributed by atoms with E-state index in [1.165, 1.54) is 4.90 Å². The largest absolute Gasteiger partial charge is 0.444 e. The lowest BCUT2D eigenvalue weighted by molar-refractivity contribution is -0.566. The van der Waals surface area contributed by atoms with Crippen LogP contribution < -0.4 is 0 Å². The maximum absolute atomic E-state index is 11.9. The molecule has 0 aromatic heterocycles. The number of aldehydes is 1. The maximum Gasteiger partial charge on any atom is 0.410 e. The number of nitrogens with zero attached hydrogens (tertiary/aromatic N) is 2. The minimum atomic E-state index is -1.21. The smallest absolute Gasteiger partial charge is 0.410 e. The summed E-state index contributed by atoms with van der Waals surface area (Å²) in [6, 6.07) is 0. The Morgan fingerprint density at radius 1 is 1.53 bits per heavy atom. The van der Waals surface area contributed by atoms with Crippen LogP contribution in [0, 0.1) is 10.1 Å². The Balaban J connectivity index is 2.71. The van der Waals surface area contributed by atoms with E-state index in [4.69, 9.17) is 4.74 Å². The van der Waals surface area contributed by atoms with Crippen molar-refractivity contribution in [2.24, 2.45) is 0 Å². The molecular formula is C12H20N2O5. The predicted octanol–water partition coefficient (Wildman–Crippen LogP) is 1.62. The summed E-state index contributed by atoms with van der Waals surface area (Å²) >= 11 is 0. The first-order chi connectivity index (χ1) is 8.70. The van der Waals surface area contributed by atoms with E-state index >= 15 is 0 Å². The topological polar surface area (TPSA) is 89.8 Å². The monoisotopic (exact) mass is 272 g/mol. The van der Waals surface area contributed by atoms with Gasteiger partial charge in [-0.2, -0.15) is 0 Å². The summed E-state index contributed by atoms with van der Waals surface area (Å²) in [5.41, 5.74) is -1.84. The molecule has 0 aliphatic carbocycles. The summed E-state index contributed by atoms with van der Waals surface area (Å²) < 4.78 is 5.19. The first-order valence-electron chi connectivity index (χ1n) is 6.26. The van der Waals surface area contributed by atoms with Crippen molar-refractivity contribution in [3.05, 3.63) is 10.1 Å². The molecule has 1 saturated heterocycles. The molecule has 19 heavy (non-hydrogen) atoms. The molecule has 1 rings (SSSR count). The van der Waals surface area contributed by atoms with Crippen molar-refractivity contribution in [3.63, 3.8) is 0 Å². The van der Waals surface area contributed by atoms with Crippen molar-refractivity contribution in [2.75, 3.05) is 13.1 Å². The number of carbonyl (C=O) groups is 2. The molecule has 108 valence electrons. The van der Waals surface area contributed by atoms with Gasteiger partial charge in [-0.05, 0) is 20.8 Å². The Kier molecular flexibility index (Phi) is 4.49. The van der Waals surface area contributed by atoms with Gasteiger partial charge in [0.15, 0.2) is 0 Å². The lowest BCUT2D eigenvalue weighted by atomic mass is 9.94. The van der Waals surface area contributed by atoms with Crippen molar-refractivity contribution < 1.29 is 19.2 Å². The zero-order valence-corrected chi connectivity index (χ0v) is 11.5. The fraction of sp³-hybridized carbons (Fsp3) is 0.833. The van der Waals surface area contributed by atoms with Crippen LogP contribution in [0.1, 0.15) is 40.0 Å². The number of nitro groups is 1. The molecule has 0 aromatic carbocycles. The Morgan fingerprint density at radius 3 is 2.63 bits per heavy atom. The number of hydrogen-bond acceptors (Lipinski definition) is 5. The lowest BCUT2D eigenvalue weighted by Crippen LogP contribution is -2.43. The van der Waals surface area contributed by atoms with Crippen LogP contribution in [-0.2, 0) is 9.53 Å². The van der Waals surface area contributed by atoms with Gasteiger partial charge in [0.25, 0.3) is 0 Å². The standard InChI is InChI=1S/C12H20N2O5/c1-11(2,3)19-10(16)13-7-6-12(9-13,14(17)18)5-4-8-15/h8H,4-7,9H2,1-3H3. The summed E-state index contributed by atoms with van der Waals surface area (Å²) in [5, 5.41) is 11.2. The van der Waals surface area contributed by atoms with Gasteiger partial charge >= 0.3 is 6.09 Å². The summed E-state index contributed by atoms with van der Waals surface area (Å²) in [4.78, 5) is 34.4. The van der Waals surface area contributed by atoms with Gasteiger partial charge < -0.3 is 14.4 Å². The van der Waals surface area contributed by atoms with E-state index in [2.05, 4.69) is 0 Å². The Hall–Kier alpha value is -1.66. The summed E-state index contributed by atoms with van der Waals surface area (Å²) in [6.07, 6.45) is 0.669. The Morgan fingerprint density at radius 2 is 2.16 bits per heavy atom. The molecular weight excluding hydrogens is 252 g/mol. The van der Waals surface area contributed by atoms with E-state index in [0.29, 0.717) is 6.29 Å². The second-order valence-electron chi connectivity index (χ2n) is 5.84. The lowest BCUT2D eigenvalue weighted by Gasteiger charge is -2.25. The van der Waals surface area contributed by atoms with Gasteiger partial charge in [-0.25, -0.2) is 4.79 Å². The SMILES string of the molecule is CC(C)(C)OC(=O)N1CCC(CCC=O)([N+](=O)[O-])C1. The molecule has 7 heteroatoms. The van der Waals surface area contributed by atoms with Crippen LogP contribution >= 0.6 is 0 Å². The molecule has 0 spiro atoms. The van der Waals surface area contributed by atoms with Crippen molar-refractivity contribution in [2.45, 2.75) is 51.2 Å². The fourth-order valence-corrected chi connectivity index (χ4v) is 2.11. The minimum Gasteiger partial charge on any atom is -0.444 e. The van der Waals surface area contributed by atoms with Gasteiger partial charge in [0.05, 0.1) is 6.54 Å². The molecule has 1 unspecified atom stereocenters. The summed E-state index contributed by atoms with van der Waals surface area (Å²) in [6.45, 7) is 5.52. The molecule has 1 aliphatic rings. The highest BCUT2D eigenvalue weighted by molar-refractivity contribution is 5.68. The minimum absolute atomic E-state index is 0.00273. The third-order valence-electron chi connectivity index (χ3n) is 3.10. The highest BCUT2D eigenvalue weighted by atomic mass is 16.6. The first kappa shape index (κ1) is 15.4. The van der Waals surface area contributed by atoms with E-state index in [0.717, 1.165) is 0 Å². The Labute approximate surface area is 112 Å². The van der Waals surface area contributed by atoms with Crippen molar-refractivity contribution in [1.82, 2.24) is 4.90 Å². The zero-order valence-electron chi connectivity index (χ0n) is 11.5. The molecule has 0 radical (unpaired) electrons. The highest BCUT2D eigenvalue weighted by Crippen LogP contribution is 2.30. The molecule has 0 N–H and O–H groups in total. The molecule has 0 saturated carbocycles. The zero-order chi connectivity index (χ0) is 14.7. The molecule has 1 fully saturated rings. The number of carbonyl (C=O) groups excluding carboxylic acids is 2. The van der Waals surface area contributed by atoms with E-state index in [9.17, 15) is 19.7 Å². The average Bonchev–Trinajstić information content (AvgIpc) is 2.69. The number of amides is 1. The molecule has 1 aliphatic heterocycles. The summed E-state index contributed by atoms with van der Waals surface area (Å²) in [7, 11) is 0. The van der Waals surface area contributed by atoms with Crippen LogP contribution in [0.3, 0.4) is 0 Å². The van der Waals surface area contributed by atoms with E-state index in [-0.39, 0.29) is 37.3 Å². The van der Waals surface area contributed by atoms with Crippen LogP contribution in [-0.4, -0.2) is 46.4 Å². The van der Waals surface area contributed by atoms with Gasteiger partial charge in [0.2, 0.25) is 5.54 Å². The third kappa shape index (κ3) is 3.90. The second kappa shape index (κ2) is 5.54. The van der Waals surface area contributed by atoms with Crippen LogP contribution in [0.15, 0.2) is 0 Å². The van der Waals surface area contributed by atoms with E-state index in [1.807, 2.05) is 0 Å². The van der Waals surface area contributed by atoms with Crippen molar-refractivity contribution in [3.8, 4) is 0 Å². The molecule has 0 aromatic rings. The van der Waals surface area contributed by atoms with Crippen LogP contribution in [0.25, 0.3) is 0 Å². The molecule has 1 atom stereocenters. The van der Waals surface area contributed by atoms with Gasteiger partial charge in [-0.3, -0.25) is 10.1 Å². The van der Waals surface area contributed by atoms with Gasteiger partial charge in [-0.15, -0.1) is 0 Å². The quantitative estimate of drug-likeness (QED) is 0.440. The number of rotatable bonds is 4. The highest BCUT2D eigenvalue weighted by Gasteiger charge is 2.50. The van der Waals surface area contributed by atoms with Gasteiger partial charge in [0.1, 0.15) is 11.9 Å². The molecule has 0 bridgehead atoms. The maximum atomic E-state index is 11.9. The molecule has 1 heterocycles. The second-order valence-corrected chi connectivity index (χ2v) is 5.84. The van der Waals surface area contributed by atoms with Gasteiger partial charge in [-0.1, -0.05) is 0 Å². The number of hydrogen-bond donors (Lipinski definition) is 0. The van der Waals surface area contributed by atoms with E-state index < -0.39 is 17.2 Å². The van der Waals surface area contributed by atoms with Crippen LogP contribution in [0.4, 0.5) is 4.79 Å². The third-order valence-corrected chi connectivity index (χ3v) is 3.10. The van der Waals surface area contributed by atoms with E-state index in [1.54, 1.807) is 20.8 Å². The number of likely N-dealkylation sites (tertiary alicyclic amines) is 1. The average molecular weight is 272 g/mol. The number of ether oxygens (including phenoxy) is 1. The van der Waals surface area contributed by atoms with Crippen molar-refractivity contribution >= 4 is 12.4 Å². The molecule has 7 nitrogen and oxygen atoms in total. The van der Waals surface area contributed by atoms with Gasteiger partial charge in [0, 0.05) is 30.7 Å². The fourth-order valence-electron chi connectivity index (χ4n) is 2.11. The van der Waals surface area contributed by atoms with Crippen molar-refractivity contribution in [1.29, 1.82) is 0 Å². The predicted molar refractivity (Wildman–Crippen MR) is 67.4 cm³/mol. The first-order valence-corrected chi connectivity index (χ1v) is 6.26. The normalized spacial score (nSPS) is 23.2. The van der Waals surface area contributed by atoms with Crippen LogP contribution in [0.2, 0.25) is 0 Å². The van der Waals surface area contributed by atoms with Crippen LogP contribution in [0.5, 0.6) is 0 Å². The Bertz CT molecular complexity index is 377.